The Kier molecular flexibility index (Phi) is 5.67. The molecule has 0 heterocycles. The molecule has 0 atom stereocenters. The molecular weight excluding hydrogens is 382 g/mol. The minimum absolute atomic E-state index is 0.162. The third-order valence-electron chi connectivity index (χ3n) is 3.38. The van der Waals surface area contributed by atoms with Crippen LogP contribution in [0.5, 0.6) is 11.5 Å². The number of hydrogen-bond donors (Lipinski definition) is 0. The maximum Gasteiger partial charge on any atom is 0.243 e. The van der Waals surface area contributed by atoms with Crippen LogP contribution >= 0.6 is 15.9 Å². The molecule has 0 aliphatic heterocycles. The number of halogens is 1. The Bertz CT molecular complexity index is 775. The molecule has 0 spiro atoms. The van der Waals surface area contributed by atoms with Gasteiger partial charge in [0.05, 0.1) is 19.1 Å². The summed E-state index contributed by atoms with van der Waals surface area (Å²) in [6.45, 7) is 0.282. The lowest BCUT2D eigenvalue weighted by Crippen LogP contribution is -2.26. The van der Waals surface area contributed by atoms with Gasteiger partial charge in [0, 0.05) is 24.1 Å². The molecule has 0 saturated heterocycles. The minimum atomic E-state index is -3.62. The molecular formula is C16H18BrNO4S. The normalized spacial score (nSPS) is 11.5. The van der Waals surface area contributed by atoms with Crippen molar-refractivity contribution in [3.8, 4) is 11.5 Å². The molecule has 0 fully saturated rings. The number of ether oxygens (including phenoxy) is 2. The zero-order valence-corrected chi connectivity index (χ0v) is 15.5. The van der Waals surface area contributed by atoms with Crippen molar-refractivity contribution in [2.45, 2.75) is 11.4 Å². The van der Waals surface area contributed by atoms with E-state index in [4.69, 9.17) is 9.47 Å². The van der Waals surface area contributed by atoms with Gasteiger partial charge >= 0.3 is 0 Å². The van der Waals surface area contributed by atoms with Crippen molar-refractivity contribution in [2.24, 2.45) is 0 Å². The number of nitrogens with zero attached hydrogens (tertiary/aromatic N) is 1. The summed E-state index contributed by atoms with van der Waals surface area (Å²) in [5.41, 5.74) is 0.903. The molecule has 2 rings (SSSR count). The van der Waals surface area contributed by atoms with Crippen molar-refractivity contribution in [1.29, 1.82) is 0 Å². The van der Waals surface area contributed by atoms with Gasteiger partial charge in [0.2, 0.25) is 10.0 Å². The molecule has 23 heavy (non-hydrogen) atoms. The van der Waals surface area contributed by atoms with E-state index in [0.29, 0.717) is 11.5 Å². The Morgan fingerprint density at radius 2 is 1.61 bits per heavy atom. The summed E-state index contributed by atoms with van der Waals surface area (Å²) in [5, 5.41) is 0. The molecule has 0 unspecified atom stereocenters. The van der Waals surface area contributed by atoms with Crippen LogP contribution in [0.1, 0.15) is 5.56 Å². The first kappa shape index (κ1) is 17.8. The summed E-state index contributed by atoms with van der Waals surface area (Å²) in [4.78, 5) is 0.162. The summed E-state index contributed by atoms with van der Waals surface area (Å²) in [5.74, 6) is 0.868. The van der Waals surface area contributed by atoms with Gasteiger partial charge < -0.3 is 9.47 Å². The lowest BCUT2D eigenvalue weighted by atomic mass is 10.2. The second-order valence-electron chi connectivity index (χ2n) is 4.90. The van der Waals surface area contributed by atoms with Crippen LogP contribution in [0, 0.1) is 0 Å². The van der Waals surface area contributed by atoms with Gasteiger partial charge in [-0.1, -0.05) is 28.1 Å². The second kappa shape index (κ2) is 7.33. The third-order valence-corrected chi connectivity index (χ3v) is 5.71. The fraction of sp³-hybridized carbons (Fsp3) is 0.250. The van der Waals surface area contributed by atoms with Crippen LogP contribution in [0.4, 0.5) is 0 Å². The average molecular weight is 400 g/mol. The van der Waals surface area contributed by atoms with E-state index in [1.807, 2.05) is 24.3 Å². The SMILES string of the molecule is COc1ccc(S(=O)(=O)N(C)Cc2ccc(Br)cc2)cc1OC. The molecule has 0 aliphatic carbocycles. The van der Waals surface area contributed by atoms with Crippen molar-refractivity contribution in [3.05, 3.63) is 52.5 Å². The van der Waals surface area contributed by atoms with E-state index in [1.54, 1.807) is 13.1 Å². The highest BCUT2D eigenvalue weighted by Crippen LogP contribution is 2.30. The monoisotopic (exact) mass is 399 g/mol. The molecule has 0 bridgehead atoms. The molecule has 5 nitrogen and oxygen atoms in total. The van der Waals surface area contributed by atoms with Crippen LogP contribution in [-0.4, -0.2) is 34.0 Å². The lowest BCUT2D eigenvalue weighted by Gasteiger charge is -2.18. The maximum absolute atomic E-state index is 12.7. The van der Waals surface area contributed by atoms with Crippen LogP contribution in [0.15, 0.2) is 51.8 Å². The average Bonchev–Trinajstić information content (AvgIpc) is 2.56. The van der Waals surface area contributed by atoms with Gasteiger partial charge in [-0.2, -0.15) is 4.31 Å². The minimum Gasteiger partial charge on any atom is -0.493 e. The molecule has 2 aromatic carbocycles. The number of rotatable bonds is 6. The summed E-state index contributed by atoms with van der Waals surface area (Å²) < 4.78 is 37.9. The summed E-state index contributed by atoms with van der Waals surface area (Å²) in [7, 11) is 0.909. The zero-order chi connectivity index (χ0) is 17.0. The molecule has 0 radical (unpaired) electrons. The number of hydrogen-bond acceptors (Lipinski definition) is 4. The van der Waals surface area contributed by atoms with Crippen LogP contribution in [0.3, 0.4) is 0 Å². The van der Waals surface area contributed by atoms with E-state index in [0.717, 1.165) is 10.0 Å². The standard InChI is InChI=1S/C16H18BrNO4S/c1-18(11-12-4-6-13(17)7-5-12)23(19,20)14-8-9-15(21-2)16(10-14)22-3/h4-10H,11H2,1-3H3. The van der Waals surface area contributed by atoms with Crippen molar-refractivity contribution >= 4 is 26.0 Å². The van der Waals surface area contributed by atoms with Gasteiger partial charge in [-0.05, 0) is 29.8 Å². The smallest absolute Gasteiger partial charge is 0.243 e. The Morgan fingerprint density at radius 1 is 1.00 bits per heavy atom. The molecule has 0 aliphatic rings. The second-order valence-corrected chi connectivity index (χ2v) is 7.86. The summed E-state index contributed by atoms with van der Waals surface area (Å²) >= 11 is 3.36. The first-order valence-corrected chi connectivity index (χ1v) is 9.04. The molecule has 0 N–H and O–H groups in total. The van der Waals surface area contributed by atoms with E-state index in [1.165, 1.54) is 30.7 Å². The van der Waals surface area contributed by atoms with Crippen molar-refractivity contribution < 1.29 is 17.9 Å². The number of methoxy groups -OCH3 is 2. The van der Waals surface area contributed by atoms with Crippen LogP contribution in [0.25, 0.3) is 0 Å². The highest BCUT2D eigenvalue weighted by atomic mass is 79.9. The highest BCUT2D eigenvalue weighted by molar-refractivity contribution is 9.10. The van der Waals surface area contributed by atoms with Crippen LogP contribution < -0.4 is 9.47 Å². The predicted octanol–water partition coefficient (Wildman–Crippen LogP) is 3.29. The van der Waals surface area contributed by atoms with Gasteiger partial charge in [0.25, 0.3) is 0 Å². The molecule has 2 aromatic rings. The van der Waals surface area contributed by atoms with E-state index < -0.39 is 10.0 Å². The highest BCUT2D eigenvalue weighted by Gasteiger charge is 2.22. The number of benzene rings is 2. The predicted molar refractivity (Wildman–Crippen MR) is 92.3 cm³/mol. The van der Waals surface area contributed by atoms with Crippen molar-refractivity contribution in [3.63, 3.8) is 0 Å². The topological polar surface area (TPSA) is 55.8 Å². The Labute approximate surface area is 145 Å². The molecule has 7 heteroatoms. The van der Waals surface area contributed by atoms with Crippen molar-refractivity contribution in [2.75, 3.05) is 21.3 Å². The third kappa shape index (κ3) is 4.04. The van der Waals surface area contributed by atoms with E-state index >= 15 is 0 Å². The fourth-order valence-electron chi connectivity index (χ4n) is 2.09. The molecule has 0 saturated carbocycles. The Morgan fingerprint density at radius 3 is 2.17 bits per heavy atom. The molecule has 124 valence electrons. The summed E-state index contributed by atoms with van der Waals surface area (Å²) in [6, 6.07) is 12.1. The first-order valence-electron chi connectivity index (χ1n) is 6.81. The van der Waals surface area contributed by atoms with Gasteiger partial charge in [-0.3, -0.25) is 0 Å². The lowest BCUT2D eigenvalue weighted by molar-refractivity contribution is 0.353. The van der Waals surface area contributed by atoms with E-state index in [2.05, 4.69) is 15.9 Å². The van der Waals surface area contributed by atoms with Crippen molar-refractivity contribution in [1.82, 2.24) is 4.31 Å². The Hall–Kier alpha value is -1.57. The maximum atomic E-state index is 12.7. The van der Waals surface area contributed by atoms with Crippen LogP contribution in [0.2, 0.25) is 0 Å². The van der Waals surface area contributed by atoms with Gasteiger partial charge in [0.1, 0.15) is 0 Å². The molecule has 0 amide bonds. The van der Waals surface area contributed by atoms with Gasteiger partial charge in [-0.15, -0.1) is 0 Å². The summed E-state index contributed by atoms with van der Waals surface area (Å²) in [6.07, 6.45) is 0. The van der Waals surface area contributed by atoms with E-state index in [9.17, 15) is 8.42 Å². The first-order chi connectivity index (χ1) is 10.9. The Balaban J connectivity index is 2.28. The zero-order valence-electron chi connectivity index (χ0n) is 13.1. The van der Waals surface area contributed by atoms with Gasteiger partial charge in [0.15, 0.2) is 11.5 Å². The van der Waals surface area contributed by atoms with Crippen LogP contribution in [-0.2, 0) is 16.6 Å². The number of sulfonamides is 1. The quantitative estimate of drug-likeness (QED) is 0.747. The van der Waals surface area contributed by atoms with Gasteiger partial charge in [-0.25, -0.2) is 8.42 Å². The van der Waals surface area contributed by atoms with E-state index in [-0.39, 0.29) is 11.4 Å². The fourth-order valence-corrected chi connectivity index (χ4v) is 3.53. The molecule has 0 aromatic heterocycles. The largest absolute Gasteiger partial charge is 0.493 e.